The van der Waals surface area contributed by atoms with E-state index in [4.69, 9.17) is 9.15 Å². The van der Waals surface area contributed by atoms with Crippen molar-refractivity contribution >= 4 is 0 Å². The van der Waals surface area contributed by atoms with Gasteiger partial charge in [-0.25, -0.2) is 0 Å². The van der Waals surface area contributed by atoms with Crippen molar-refractivity contribution in [2.24, 2.45) is 5.92 Å². The minimum Gasteiger partial charge on any atom is -0.468 e. The molecule has 3 aromatic rings. The first-order chi connectivity index (χ1) is 12.4. The highest BCUT2D eigenvalue weighted by molar-refractivity contribution is 5.07. The molecule has 0 amide bonds. The zero-order chi connectivity index (χ0) is 16.9. The lowest BCUT2D eigenvalue weighted by molar-refractivity contribution is 0.0644. The molecule has 0 fully saturated rings. The normalized spacial score (nSPS) is 18.0. The second-order valence-corrected chi connectivity index (χ2v) is 6.50. The average molecular weight is 338 g/mol. The number of hydrogen-bond donors (Lipinski definition) is 0. The molecule has 0 aromatic carbocycles. The molecule has 0 spiro atoms. The Morgan fingerprint density at radius 2 is 2.16 bits per heavy atom. The van der Waals surface area contributed by atoms with Crippen LogP contribution in [0.2, 0.25) is 0 Å². The number of nitrogens with zero attached hydrogens (tertiary/aromatic N) is 4. The SMILES string of the molecule is c1cncc(COCC2CN(Cc3ccco3)Cc3ccnn3C2)c1. The molecule has 6 nitrogen and oxygen atoms in total. The van der Waals surface area contributed by atoms with Gasteiger partial charge in [0.25, 0.3) is 0 Å². The van der Waals surface area contributed by atoms with Gasteiger partial charge in [-0.15, -0.1) is 0 Å². The van der Waals surface area contributed by atoms with Crippen LogP contribution in [-0.2, 0) is 31.0 Å². The van der Waals surface area contributed by atoms with Gasteiger partial charge in [0.15, 0.2) is 0 Å². The van der Waals surface area contributed by atoms with Crippen molar-refractivity contribution in [2.75, 3.05) is 13.2 Å². The van der Waals surface area contributed by atoms with E-state index in [0.29, 0.717) is 19.1 Å². The monoisotopic (exact) mass is 338 g/mol. The Morgan fingerprint density at radius 1 is 1.16 bits per heavy atom. The Labute approximate surface area is 147 Å². The van der Waals surface area contributed by atoms with E-state index < -0.39 is 0 Å². The van der Waals surface area contributed by atoms with Crippen LogP contribution in [0.15, 0.2) is 59.6 Å². The third-order valence-electron chi connectivity index (χ3n) is 4.44. The Bertz CT molecular complexity index is 770. The summed E-state index contributed by atoms with van der Waals surface area (Å²) in [7, 11) is 0. The highest BCUT2D eigenvalue weighted by Gasteiger charge is 2.23. The minimum atomic E-state index is 0.382. The lowest BCUT2D eigenvalue weighted by Gasteiger charge is -2.22. The van der Waals surface area contributed by atoms with E-state index >= 15 is 0 Å². The molecule has 1 aliphatic heterocycles. The van der Waals surface area contributed by atoms with Gasteiger partial charge in [-0.1, -0.05) is 6.07 Å². The van der Waals surface area contributed by atoms with E-state index in [1.807, 2.05) is 36.7 Å². The molecule has 0 saturated carbocycles. The van der Waals surface area contributed by atoms with Gasteiger partial charge >= 0.3 is 0 Å². The quantitative estimate of drug-likeness (QED) is 0.692. The van der Waals surface area contributed by atoms with Crippen molar-refractivity contribution in [3.8, 4) is 0 Å². The number of furan rings is 1. The number of rotatable bonds is 6. The van der Waals surface area contributed by atoms with Gasteiger partial charge in [0.05, 0.1) is 31.7 Å². The van der Waals surface area contributed by atoms with Gasteiger partial charge in [-0.05, 0) is 29.8 Å². The van der Waals surface area contributed by atoms with Gasteiger partial charge in [0.2, 0.25) is 0 Å². The molecule has 0 radical (unpaired) electrons. The van der Waals surface area contributed by atoms with Crippen molar-refractivity contribution in [2.45, 2.75) is 26.2 Å². The number of fused-ring (bicyclic) bond motifs is 1. The fourth-order valence-corrected chi connectivity index (χ4v) is 3.30. The maximum atomic E-state index is 5.96. The summed E-state index contributed by atoms with van der Waals surface area (Å²) in [6.45, 7) is 4.80. The summed E-state index contributed by atoms with van der Waals surface area (Å²) in [4.78, 5) is 6.53. The van der Waals surface area contributed by atoms with E-state index in [2.05, 4.69) is 25.7 Å². The number of hydrogen-bond acceptors (Lipinski definition) is 5. The summed E-state index contributed by atoms with van der Waals surface area (Å²) in [5.41, 5.74) is 2.34. The lowest BCUT2D eigenvalue weighted by Crippen LogP contribution is -2.30. The highest BCUT2D eigenvalue weighted by Crippen LogP contribution is 2.19. The van der Waals surface area contributed by atoms with Crippen LogP contribution >= 0.6 is 0 Å². The first-order valence-corrected chi connectivity index (χ1v) is 8.59. The van der Waals surface area contributed by atoms with E-state index in [9.17, 15) is 0 Å². The Morgan fingerprint density at radius 3 is 3.00 bits per heavy atom. The van der Waals surface area contributed by atoms with E-state index in [1.165, 1.54) is 5.69 Å². The smallest absolute Gasteiger partial charge is 0.117 e. The molecule has 6 heteroatoms. The summed E-state index contributed by atoms with van der Waals surface area (Å²) < 4.78 is 13.6. The van der Waals surface area contributed by atoms with E-state index in [-0.39, 0.29) is 0 Å². The standard InChI is InChI=1S/C19H22N4O2/c1-3-16(9-20-6-1)14-24-15-17-10-22(13-19-4-2-8-25-19)12-18-5-7-21-23(18)11-17/h1-9,17H,10-15H2. The summed E-state index contributed by atoms with van der Waals surface area (Å²) in [5, 5.41) is 4.47. The maximum absolute atomic E-state index is 5.96. The van der Waals surface area contributed by atoms with Gasteiger partial charge in [0, 0.05) is 44.1 Å². The zero-order valence-corrected chi connectivity index (χ0v) is 14.1. The van der Waals surface area contributed by atoms with Crippen molar-refractivity contribution < 1.29 is 9.15 Å². The number of aromatic nitrogens is 3. The van der Waals surface area contributed by atoms with Crippen molar-refractivity contribution in [1.29, 1.82) is 0 Å². The third kappa shape index (κ3) is 4.15. The predicted octanol–water partition coefficient (Wildman–Crippen LogP) is 2.72. The molecule has 1 unspecified atom stereocenters. The largest absolute Gasteiger partial charge is 0.468 e. The molecule has 4 rings (SSSR count). The fourth-order valence-electron chi connectivity index (χ4n) is 3.30. The van der Waals surface area contributed by atoms with Gasteiger partial charge in [0.1, 0.15) is 5.76 Å². The molecule has 130 valence electrons. The Kier molecular flexibility index (Phi) is 4.90. The average Bonchev–Trinajstić information content (AvgIpc) is 3.25. The molecule has 4 heterocycles. The van der Waals surface area contributed by atoms with Crippen LogP contribution in [-0.4, -0.2) is 32.8 Å². The van der Waals surface area contributed by atoms with Crippen LogP contribution in [0.3, 0.4) is 0 Å². The van der Waals surface area contributed by atoms with Crippen LogP contribution < -0.4 is 0 Å². The Hall–Kier alpha value is -2.44. The van der Waals surface area contributed by atoms with Crippen molar-refractivity contribution in [1.82, 2.24) is 19.7 Å². The van der Waals surface area contributed by atoms with Crippen LogP contribution in [0.1, 0.15) is 17.0 Å². The second kappa shape index (κ2) is 7.63. The number of ether oxygens (including phenoxy) is 1. The lowest BCUT2D eigenvalue weighted by atomic mass is 10.1. The second-order valence-electron chi connectivity index (χ2n) is 6.50. The molecule has 0 N–H and O–H groups in total. The van der Waals surface area contributed by atoms with Crippen LogP contribution in [0.25, 0.3) is 0 Å². The van der Waals surface area contributed by atoms with Gasteiger partial charge in [-0.2, -0.15) is 5.10 Å². The molecule has 0 aliphatic carbocycles. The highest BCUT2D eigenvalue weighted by atomic mass is 16.5. The predicted molar refractivity (Wildman–Crippen MR) is 92.4 cm³/mol. The molecule has 0 saturated heterocycles. The topological polar surface area (TPSA) is 56.3 Å². The first kappa shape index (κ1) is 16.1. The Balaban J connectivity index is 1.40. The van der Waals surface area contributed by atoms with Crippen LogP contribution in [0, 0.1) is 5.92 Å². The maximum Gasteiger partial charge on any atom is 0.117 e. The van der Waals surface area contributed by atoms with E-state index in [0.717, 1.165) is 37.5 Å². The summed E-state index contributed by atoms with van der Waals surface area (Å²) in [6, 6.07) is 10.0. The third-order valence-corrected chi connectivity index (χ3v) is 4.44. The van der Waals surface area contributed by atoms with Gasteiger partial charge < -0.3 is 9.15 Å². The van der Waals surface area contributed by atoms with Crippen LogP contribution in [0.4, 0.5) is 0 Å². The fraction of sp³-hybridized carbons (Fsp3) is 0.368. The minimum absolute atomic E-state index is 0.382. The zero-order valence-electron chi connectivity index (χ0n) is 14.1. The summed E-state index contributed by atoms with van der Waals surface area (Å²) in [6.07, 6.45) is 7.23. The molecule has 3 aromatic heterocycles. The van der Waals surface area contributed by atoms with Crippen molar-refractivity contribution in [3.05, 3.63) is 72.2 Å². The molecule has 25 heavy (non-hydrogen) atoms. The molecular formula is C19H22N4O2. The molecule has 1 aliphatic rings. The van der Waals surface area contributed by atoms with Gasteiger partial charge in [-0.3, -0.25) is 14.6 Å². The van der Waals surface area contributed by atoms with Crippen molar-refractivity contribution in [3.63, 3.8) is 0 Å². The molecular weight excluding hydrogens is 316 g/mol. The summed E-state index contributed by atoms with van der Waals surface area (Å²) >= 11 is 0. The first-order valence-electron chi connectivity index (χ1n) is 8.59. The summed E-state index contributed by atoms with van der Waals surface area (Å²) in [5.74, 6) is 1.37. The molecule has 1 atom stereocenters. The van der Waals surface area contributed by atoms with E-state index in [1.54, 1.807) is 12.5 Å². The van der Waals surface area contributed by atoms with Crippen LogP contribution in [0.5, 0.6) is 0 Å². The number of pyridine rings is 1. The molecule has 0 bridgehead atoms.